The number of aromatic nitrogens is 1. The molecular weight excluding hydrogens is 502 g/mol. The zero-order valence-electron chi connectivity index (χ0n) is 22.2. The molecule has 0 bridgehead atoms. The quantitative estimate of drug-likeness (QED) is 0.500. The number of carbonyl (C=O) groups excluding carboxylic acids is 2. The molecule has 0 radical (unpaired) electrons. The number of benzene rings is 2. The number of hydrogen-bond acceptors (Lipinski definition) is 5. The van der Waals surface area contributed by atoms with Gasteiger partial charge in [-0.2, -0.15) is 4.31 Å². The number of anilines is 2. The molecular formula is C28H35N5O4S. The Labute approximate surface area is 223 Å². The lowest BCUT2D eigenvalue weighted by atomic mass is 10.1. The second kappa shape index (κ2) is 10.5. The van der Waals surface area contributed by atoms with Crippen LogP contribution in [-0.4, -0.2) is 61.8 Å². The van der Waals surface area contributed by atoms with Crippen LogP contribution in [0.25, 0.3) is 10.9 Å². The lowest BCUT2D eigenvalue weighted by Gasteiger charge is -2.28. The summed E-state index contributed by atoms with van der Waals surface area (Å²) in [4.78, 5) is 27.7. The monoisotopic (exact) mass is 537 g/mol. The van der Waals surface area contributed by atoms with E-state index in [1.54, 1.807) is 27.4 Å². The molecule has 0 aliphatic carbocycles. The van der Waals surface area contributed by atoms with Crippen LogP contribution in [0.4, 0.5) is 11.4 Å². The molecule has 2 saturated heterocycles. The highest BCUT2D eigenvalue weighted by Gasteiger charge is 2.27. The van der Waals surface area contributed by atoms with Gasteiger partial charge in [0.15, 0.2) is 0 Å². The fraction of sp³-hybridized carbons (Fsp3) is 0.429. The van der Waals surface area contributed by atoms with Gasteiger partial charge in [0.05, 0.1) is 11.4 Å². The van der Waals surface area contributed by atoms with Gasteiger partial charge in [-0.3, -0.25) is 9.59 Å². The predicted octanol–water partition coefficient (Wildman–Crippen LogP) is 3.57. The minimum absolute atomic E-state index is 0.00158. The maximum Gasteiger partial charge on any atom is 0.247 e. The van der Waals surface area contributed by atoms with Crippen molar-refractivity contribution in [3.05, 3.63) is 53.7 Å². The molecule has 5 rings (SSSR count). The molecule has 2 N–H and O–H groups in total. The van der Waals surface area contributed by atoms with Crippen LogP contribution in [0.2, 0.25) is 0 Å². The number of carbonyl (C=O) groups is 2. The van der Waals surface area contributed by atoms with E-state index in [0.29, 0.717) is 36.8 Å². The van der Waals surface area contributed by atoms with E-state index in [0.717, 1.165) is 53.5 Å². The van der Waals surface area contributed by atoms with Crippen LogP contribution in [0.3, 0.4) is 0 Å². The molecule has 2 fully saturated rings. The van der Waals surface area contributed by atoms with Crippen molar-refractivity contribution in [1.29, 1.82) is 0 Å². The summed E-state index contributed by atoms with van der Waals surface area (Å²) < 4.78 is 29.9. The number of sulfonamides is 1. The first-order valence-electron chi connectivity index (χ1n) is 13.2. The van der Waals surface area contributed by atoms with Crippen molar-refractivity contribution in [1.82, 2.24) is 14.2 Å². The predicted molar refractivity (Wildman–Crippen MR) is 149 cm³/mol. The second-order valence-corrected chi connectivity index (χ2v) is 12.2. The Morgan fingerprint density at radius 2 is 1.76 bits per heavy atom. The number of rotatable bonds is 6. The fourth-order valence-corrected chi connectivity index (χ4v) is 6.84. The molecule has 2 aliphatic heterocycles. The van der Waals surface area contributed by atoms with Crippen molar-refractivity contribution in [3.8, 4) is 0 Å². The molecule has 2 amide bonds. The summed E-state index contributed by atoms with van der Waals surface area (Å²) in [5.74, 6) is -0.194. The smallest absolute Gasteiger partial charge is 0.247 e. The number of nitrogens with one attached hydrogen (secondary N) is 2. The summed E-state index contributed by atoms with van der Waals surface area (Å²) >= 11 is 0. The third-order valence-electron chi connectivity index (χ3n) is 7.63. The lowest BCUT2D eigenvalue weighted by molar-refractivity contribution is -0.119. The number of piperazine rings is 1. The Bertz CT molecular complexity index is 1490. The van der Waals surface area contributed by atoms with Crippen LogP contribution < -0.4 is 15.5 Å². The number of amides is 2. The minimum Gasteiger partial charge on any atom is -0.335 e. The third-order valence-corrected chi connectivity index (χ3v) is 9.53. The molecule has 202 valence electrons. The largest absolute Gasteiger partial charge is 0.335 e. The Morgan fingerprint density at radius 3 is 2.50 bits per heavy atom. The topological polar surface area (TPSA) is 104 Å². The van der Waals surface area contributed by atoms with E-state index in [-0.39, 0.29) is 11.8 Å². The standard InChI is InChI=1S/C28H35N5O4S/c1-19-7-8-22(32-14-11-29-17-27(32)34)15-25(19)30-28(35)21(3)33-18-20(2)24-16-23(9-10-26(24)33)38(36,37)31-12-5-4-6-13-31/h7-10,15-16,18,21,29H,4-6,11-14,17H2,1-3H3,(H,30,35). The van der Waals surface area contributed by atoms with Crippen molar-refractivity contribution in [3.63, 3.8) is 0 Å². The zero-order valence-corrected chi connectivity index (χ0v) is 23.0. The normalized spacial score (nSPS) is 18.1. The molecule has 2 aromatic carbocycles. The van der Waals surface area contributed by atoms with Crippen molar-refractivity contribution in [2.24, 2.45) is 0 Å². The summed E-state index contributed by atoms with van der Waals surface area (Å²) in [6.45, 7) is 8.39. The van der Waals surface area contributed by atoms with Crippen LogP contribution in [-0.2, 0) is 19.6 Å². The van der Waals surface area contributed by atoms with Crippen LogP contribution in [0.1, 0.15) is 43.4 Å². The van der Waals surface area contributed by atoms with Crippen molar-refractivity contribution >= 4 is 44.1 Å². The number of aryl methyl sites for hydroxylation is 2. The molecule has 38 heavy (non-hydrogen) atoms. The number of nitrogens with zero attached hydrogens (tertiary/aromatic N) is 3. The van der Waals surface area contributed by atoms with Gasteiger partial charge in [0.1, 0.15) is 6.04 Å². The van der Waals surface area contributed by atoms with Gasteiger partial charge in [0.2, 0.25) is 21.8 Å². The summed E-state index contributed by atoms with van der Waals surface area (Å²) in [5.41, 5.74) is 4.03. The van der Waals surface area contributed by atoms with Crippen LogP contribution >= 0.6 is 0 Å². The molecule has 0 saturated carbocycles. The van der Waals surface area contributed by atoms with E-state index in [1.165, 1.54) is 0 Å². The Kier molecular flexibility index (Phi) is 7.30. The number of piperidine rings is 1. The van der Waals surface area contributed by atoms with Gasteiger partial charge < -0.3 is 20.1 Å². The van der Waals surface area contributed by atoms with E-state index >= 15 is 0 Å². The molecule has 1 aromatic heterocycles. The van der Waals surface area contributed by atoms with Crippen molar-refractivity contribution in [2.75, 3.05) is 42.9 Å². The first kappa shape index (κ1) is 26.4. The summed E-state index contributed by atoms with van der Waals surface area (Å²) in [6.07, 6.45) is 4.73. The Balaban J connectivity index is 1.39. The number of fused-ring (bicyclic) bond motifs is 1. The van der Waals surface area contributed by atoms with E-state index in [9.17, 15) is 18.0 Å². The lowest BCUT2D eigenvalue weighted by Crippen LogP contribution is -2.48. The summed E-state index contributed by atoms with van der Waals surface area (Å²) in [5, 5.41) is 6.93. The van der Waals surface area contributed by atoms with E-state index in [1.807, 2.05) is 49.7 Å². The molecule has 3 heterocycles. The van der Waals surface area contributed by atoms with Gasteiger partial charge in [-0.25, -0.2) is 8.42 Å². The van der Waals surface area contributed by atoms with Gasteiger partial charge in [0, 0.05) is 54.7 Å². The van der Waals surface area contributed by atoms with Crippen LogP contribution in [0.5, 0.6) is 0 Å². The van der Waals surface area contributed by atoms with Crippen molar-refractivity contribution < 1.29 is 18.0 Å². The first-order valence-corrected chi connectivity index (χ1v) is 14.6. The fourth-order valence-electron chi connectivity index (χ4n) is 5.29. The van der Waals surface area contributed by atoms with Gasteiger partial charge in [0.25, 0.3) is 0 Å². The summed E-state index contributed by atoms with van der Waals surface area (Å²) in [7, 11) is -3.55. The molecule has 9 nitrogen and oxygen atoms in total. The molecule has 2 aliphatic rings. The van der Waals surface area contributed by atoms with Crippen LogP contribution in [0, 0.1) is 13.8 Å². The van der Waals surface area contributed by atoms with Gasteiger partial charge in [-0.1, -0.05) is 12.5 Å². The maximum absolute atomic E-state index is 13.4. The van der Waals surface area contributed by atoms with Crippen molar-refractivity contribution in [2.45, 2.75) is 51.0 Å². The molecule has 0 spiro atoms. The van der Waals surface area contributed by atoms with Gasteiger partial charge >= 0.3 is 0 Å². The van der Waals surface area contributed by atoms with E-state index in [4.69, 9.17) is 0 Å². The molecule has 1 unspecified atom stereocenters. The van der Waals surface area contributed by atoms with E-state index in [2.05, 4.69) is 10.6 Å². The Morgan fingerprint density at radius 1 is 1.00 bits per heavy atom. The number of hydrogen-bond donors (Lipinski definition) is 2. The van der Waals surface area contributed by atoms with E-state index < -0.39 is 16.1 Å². The first-order chi connectivity index (χ1) is 18.2. The molecule has 10 heteroatoms. The SMILES string of the molecule is Cc1ccc(N2CCNCC2=O)cc1NC(=O)C(C)n1cc(C)c2cc(S(=O)(=O)N3CCCCC3)ccc21. The van der Waals surface area contributed by atoms with Gasteiger partial charge in [-0.05, 0) is 75.1 Å². The zero-order chi connectivity index (χ0) is 27.0. The highest BCUT2D eigenvalue weighted by Crippen LogP contribution is 2.30. The second-order valence-electron chi connectivity index (χ2n) is 10.2. The Hall–Kier alpha value is -3.21. The summed E-state index contributed by atoms with van der Waals surface area (Å²) in [6, 6.07) is 10.3. The third kappa shape index (κ3) is 4.95. The highest BCUT2D eigenvalue weighted by atomic mass is 32.2. The highest BCUT2D eigenvalue weighted by molar-refractivity contribution is 7.89. The maximum atomic E-state index is 13.4. The molecule has 1 atom stereocenters. The molecule has 3 aromatic rings. The van der Waals surface area contributed by atoms with Crippen LogP contribution in [0.15, 0.2) is 47.5 Å². The minimum atomic E-state index is -3.55. The average Bonchev–Trinajstić information content (AvgIpc) is 3.26. The average molecular weight is 538 g/mol. The van der Waals surface area contributed by atoms with Gasteiger partial charge in [-0.15, -0.1) is 0 Å².